The third-order valence-electron chi connectivity index (χ3n) is 3.92. The lowest BCUT2D eigenvalue weighted by Crippen LogP contribution is -2.47. The summed E-state index contributed by atoms with van der Waals surface area (Å²) in [5.41, 5.74) is 7.02. The molecule has 0 spiro atoms. The van der Waals surface area contributed by atoms with Crippen LogP contribution in [0.4, 0.5) is 5.69 Å². The third-order valence-corrected chi connectivity index (χ3v) is 3.92. The van der Waals surface area contributed by atoms with Gasteiger partial charge in [-0.2, -0.15) is 0 Å². The van der Waals surface area contributed by atoms with Crippen molar-refractivity contribution in [1.29, 1.82) is 0 Å². The molecule has 0 saturated carbocycles. The van der Waals surface area contributed by atoms with Gasteiger partial charge in [-0.25, -0.2) is 0 Å². The van der Waals surface area contributed by atoms with E-state index in [1.165, 1.54) is 6.42 Å². The minimum Gasteiger partial charge on any atom is -0.497 e. The molecule has 2 unspecified atom stereocenters. The van der Waals surface area contributed by atoms with Gasteiger partial charge in [-0.05, 0) is 45.2 Å². The molecule has 0 aromatic heterocycles. The Bertz CT molecular complexity index is 463. The number of nitrogens with two attached hydrogens (primary N) is 1. The number of nitrogen functional groups attached to an aromatic ring is 1. The molecule has 1 aliphatic heterocycles. The Morgan fingerprint density at radius 1 is 1.32 bits per heavy atom. The molecule has 4 nitrogen and oxygen atoms in total. The van der Waals surface area contributed by atoms with Crippen molar-refractivity contribution in [3.63, 3.8) is 0 Å². The minimum atomic E-state index is 0.0276. The number of amides is 1. The van der Waals surface area contributed by atoms with Crippen molar-refractivity contribution in [2.75, 3.05) is 12.8 Å². The van der Waals surface area contributed by atoms with Crippen LogP contribution < -0.4 is 10.5 Å². The zero-order chi connectivity index (χ0) is 14.0. The molecule has 0 aliphatic carbocycles. The SMILES string of the molecule is COc1ccc(C(=O)N2C(C)CCCC2C)c(N)c1. The molecule has 1 amide bonds. The summed E-state index contributed by atoms with van der Waals surface area (Å²) in [6.07, 6.45) is 3.31. The highest BCUT2D eigenvalue weighted by molar-refractivity contribution is 5.99. The van der Waals surface area contributed by atoms with Crippen LogP contribution in [-0.2, 0) is 0 Å². The standard InChI is InChI=1S/C15H22N2O2/c1-10-5-4-6-11(2)17(10)15(18)13-8-7-12(19-3)9-14(13)16/h7-11H,4-6,16H2,1-3H3. The fourth-order valence-electron chi connectivity index (χ4n) is 2.82. The summed E-state index contributed by atoms with van der Waals surface area (Å²) in [5, 5.41) is 0. The second-order valence-electron chi connectivity index (χ2n) is 5.29. The van der Waals surface area contributed by atoms with Gasteiger partial charge in [0.05, 0.1) is 12.7 Å². The van der Waals surface area contributed by atoms with Crippen LogP contribution in [0.15, 0.2) is 18.2 Å². The van der Waals surface area contributed by atoms with Crippen LogP contribution in [-0.4, -0.2) is 30.0 Å². The van der Waals surface area contributed by atoms with E-state index in [1.54, 1.807) is 25.3 Å². The van der Waals surface area contributed by atoms with Gasteiger partial charge in [-0.3, -0.25) is 4.79 Å². The highest BCUT2D eigenvalue weighted by Crippen LogP contribution is 2.27. The Morgan fingerprint density at radius 2 is 1.95 bits per heavy atom. The summed E-state index contributed by atoms with van der Waals surface area (Å²) in [6.45, 7) is 4.21. The number of anilines is 1. The van der Waals surface area contributed by atoms with Crippen molar-refractivity contribution in [2.24, 2.45) is 0 Å². The van der Waals surface area contributed by atoms with Crippen LogP contribution in [0.2, 0.25) is 0 Å². The number of likely N-dealkylation sites (tertiary alicyclic amines) is 1. The number of rotatable bonds is 2. The zero-order valence-electron chi connectivity index (χ0n) is 11.8. The first-order valence-electron chi connectivity index (χ1n) is 6.80. The van der Waals surface area contributed by atoms with E-state index in [2.05, 4.69) is 13.8 Å². The Morgan fingerprint density at radius 3 is 2.47 bits per heavy atom. The fraction of sp³-hybridized carbons (Fsp3) is 0.533. The van der Waals surface area contributed by atoms with E-state index in [1.807, 2.05) is 4.90 Å². The molecular formula is C15H22N2O2. The van der Waals surface area contributed by atoms with Gasteiger partial charge in [0, 0.05) is 23.8 Å². The van der Waals surface area contributed by atoms with Crippen LogP contribution >= 0.6 is 0 Å². The van der Waals surface area contributed by atoms with Crippen molar-refractivity contribution >= 4 is 11.6 Å². The molecular weight excluding hydrogens is 240 g/mol. The Kier molecular flexibility index (Phi) is 3.98. The minimum absolute atomic E-state index is 0.0276. The van der Waals surface area contributed by atoms with Crippen LogP contribution in [0.1, 0.15) is 43.5 Å². The van der Waals surface area contributed by atoms with Crippen molar-refractivity contribution in [1.82, 2.24) is 4.90 Å². The number of carbonyl (C=O) groups is 1. The number of hydrogen-bond acceptors (Lipinski definition) is 3. The lowest BCUT2D eigenvalue weighted by molar-refractivity contribution is 0.0512. The van der Waals surface area contributed by atoms with Gasteiger partial charge in [0.25, 0.3) is 5.91 Å². The lowest BCUT2D eigenvalue weighted by Gasteiger charge is -2.39. The molecule has 2 rings (SSSR count). The van der Waals surface area contributed by atoms with E-state index >= 15 is 0 Å². The summed E-state index contributed by atoms with van der Waals surface area (Å²) in [4.78, 5) is 14.6. The Labute approximate surface area is 114 Å². The Hall–Kier alpha value is -1.71. The van der Waals surface area contributed by atoms with Crippen LogP contribution in [0, 0.1) is 0 Å². The fourth-order valence-corrected chi connectivity index (χ4v) is 2.82. The first-order chi connectivity index (χ1) is 9.04. The number of benzene rings is 1. The second kappa shape index (κ2) is 5.51. The molecule has 0 radical (unpaired) electrons. The predicted molar refractivity (Wildman–Crippen MR) is 76.4 cm³/mol. The first kappa shape index (κ1) is 13.7. The molecule has 1 saturated heterocycles. The number of methoxy groups -OCH3 is 1. The van der Waals surface area contributed by atoms with E-state index in [9.17, 15) is 4.79 Å². The van der Waals surface area contributed by atoms with Gasteiger partial charge in [0.1, 0.15) is 5.75 Å². The monoisotopic (exact) mass is 262 g/mol. The van der Waals surface area contributed by atoms with Crippen LogP contribution in [0.25, 0.3) is 0 Å². The van der Waals surface area contributed by atoms with Gasteiger partial charge >= 0.3 is 0 Å². The van der Waals surface area contributed by atoms with Crippen molar-refractivity contribution in [3.05, 3.63) is 23.8 Å². The van der Waals surface area contributed by atoms with E-state index < -0.39 is 0 Å². The summed E-state index contributed by atoms with van der Waals surface area (Å²) in [7, 11) is 1.59. The number of nitrogens with zero attached hydrogens (tertiary/aromatic N) is 1. The first-order valence-corrected chi connectivity index (χ1v) is 6.80. The maximum atomic E-state index is 12.6. The summed E-state index contributed by atoms with van der Waals surface area (Å²) >= 11 is 0. The van der Waals surface area contributed by atoms with Crippen LogP contribution in [0.5, 0.6) is 5.75 Å². The van der Waals surface area contributed by atoms with E-state index in [0.717, 1.165) is 12.8 Å². The number of carbonyl (C=O) groups excluding carboxylic acids is 1. The average molecular weight is 262 g/mol. The molecule has 1 heterocycles. The maximum absolute atomic E-state index is 12.6. The molecule has 0 bridgehead atoms. The van der Waals surface area contributed by atoms with Crippen LogP contribution in [0.3, 0.4) is 0 Å². The highest BCUT2D eigenvalue weighted by atomic mass is 16.5. The second-order valence-corrected chi connectivity index (χ2v) is 5.29. The molecule has 1 aliphatic rings. The number of ether oxygens (including phenoxy) is 1. The van der Waals surface area contributed by atoms with E-state index in [0.29, 0.717) is 17.0 Å². The molecule has 2 atom stereocenters. The quantitative estimate of drug-likeness (QED) is 0.834. The molecule has 4 heteroatoms. The van der Waals surface area contributed by atoms with Gasteiger partial charge in [0.15, 0.2) is 0 Å². The molecule has 1 aromatic carbocycles. The molecule has 1 fully saturated rings. The van der Waals surface area contributed by atoms with Crippen molar-refractivity contribution in [2.45, 2.75) is 45.2 Å². The molecule has 104 valence electrons. The maximum Gasteiger partial charge on any atom is 0.256 e. The van der Waals surface area contributed by atoms with E-state index in [4.69, 9.17) is 10.5 Å². The van der Waals surface area contributed by atoms with Crippen molar-refractivity contribution in [3.8, 4) is 5.75 Å². The van der Waals surface area contributed by atoms with Gasteiger partial charge < -0.3 is 15.4 Å². The zero-order valence-corrected chi connectivity index (χ0v) is 11.8. The van der Waals surface area contributed by atoms with Gasteiger partial charge in [-0.1, -0.05) is 0 Å². The summed E-state index contributed by atoms with van der Waals surface area (Å²) < 4.78 is 5.11. The smallest absolute Gasteiger partial charge is 0.256 e. The normalized spacial score (nSPS) is 23.2. The molecule has 19 heavy (non-hydrogen) atoms. The molecule has 1 aromatic rings. The summed E-state index contributed by atoms with van der Waals surface area (Å²) in [5.74, 6) is 0.702. The van der Waals surface area contributed by atoms with E-state index in [-0.39, 0.29) is 18.0 Å². The van der Waals surface area contributed by atoms with Gasteiger partial charge in [-0.15, -0.1) is 0 Å². The Balaban J connectivity index is 2.28. The molecule has 2 N–H and O–H groups in total. The highest BCUT2D eigenvalue weighted by Gasteiger charge is 2.30. The largest absolute Gasteiger partial charge is 0.497 e. The van der Waals surface area contributed by atoms with Gasteiger partial charge in [0.2, 0.25) is 0 Å². The average Bonchev–Trinajstić information content (AvgIpc) is 2.38. The lowest BCUT2D eigenvalue weighted by atomic mass is 9.96. The number of hydrogen-bond donors (Lipinski definition) is 1. The topological polar surface area (TPSA) is 55.6 Å². The number of piperidine rings is 1. The van der Waals surface area contributed by atoms with Crippen molar-refractivity contribution < 1.29 is 9.53 Å². The third kappa shape index (κ3) is 2.67. The summed E-state index contributed by atoms with van der Waals surface area (Å²) in [6, 6.07) is 5.79. The predicted octanol–water partition coefficient (Wildman–Crippen LogP) is 2.68.